The Bertz CT molecular complexity index is 366. The number of nitrogens with zero attached hydrogens (tertiary/aromatic N) is 2. The molecular weight excluding hydrogens is 216 g/mol. The molecular formula is C12H22N4O. The van der Waals surface area contributed by atoms with Gasteiger partial charge in [-0.25, -0.2) is 4.98 Å². The van der Waals surface area contributed by atoms with E-state index >= 15 is 0 Å². The summed E-state index contributed by atoms with van der Waals surface area (Å²) in [4.78, 5) is 8.17. The predicted molar refractivity (Wildman–Crippen MR) is 70.2 cm³/mol. The third-order valence-electron chi connectivity index (χ3n) is 2.46. The molecule has 1 aromatic rings. The van der Waals surface area contributed by atoms with Crippen LogP contribution >= 0.6 is 0 Å². The third-order valence-corrected chi connectivity index (χ3v) is 2.46. The molecule has 0 saturated heterocycles. The van der Waals surface area contributed by atoms with Gasteiger partial charge in [0.1, 0.15) is 12.0 Å². The lowest BCUT2D eigenvalue weighted by Crippen LogP contribution is -2.31. The fourth-order valence-corrected chi connectivity index (χ4v) is 1.74. The van der Waals surface area contributed by atoms with Gasteiger partial charge in [0.25, 0.3) is 0 Å². The maximum Gasteiger partial charge on any atom is 0.242 e. The monoisotopic (exact) mass is 238 g/mol. The molecule has 1 heterocycles. The van der Waals surface area contributed by atoms with Crippen molar-refractivity contribution < 1.29 is 4.74 Å². The summed E-state index contributed by atoms with van der Waals surface area (Å²) in [6.45, 7) is 8.84. The van der Waals surface area contributed by atoms with Crippen LogP contribution in [0.4, 0.5) is 11.5 Å². The van der Waals surface area contributed by atoms with Crippen molar-refractivity contribution in [3.05, 3.63) is 6.33 Å². The van der Waals surface area contributed by atoms with Gasteiger partial charge in [-0.3, -0.25) is 0 Å². The van der Waals surface area contributed by atoms with Crippen LogP contribution < -0.4 is 15.8 Å². The van der Waals surface area contributed by atoms with Crippen molar-refractivity contribution in [3.63, 3.8) is 0 Å². The Kier molecular flexibility index (Phi) is 4.54. The van der Waals surface area contributed by atoms with Crippen LogP contribution in [0.25, 0.3) is 0 Å². The predicted octanol–water partition coefficient (Wildman–Crippen LogP) is 2.45. The Morgan fingerprint density at radius 3 is 2.65 bits per heavy atom. The number of hydrogen-bond donors (Lipinski definition) is 2. The molecule has 0 aliphatic carbocycles. The van der Waals surface area contributed by atoms with Crippen molar-refractivity contribution in [2.24, 2.45) is 0 Å². The largest absolute Gasteiger partial charge is 0.476 e. The van der Waals surface area contributed by atoms with Crippen molar-refractivity contribution in [2.45, 2.75) is 46.1 Å². The molecule has 96 valence electrons. The Balaban J connectivity index is 2.87. The summed E-state index contributed by atoms with van der Waals surface area (Å²) < 4.78 is 5.34. The van der Waals surface area contributed by atoms with Crippen molar-refractivity contribution in [1.29, 1.82) is 0 Å². The minimum atomic E-state index is -0.0410. The van der Waals surface area contributed by atoms with E-state index in [9.17, 15) is 0 Å². The first-order chi connectivity index (χ1) is 8.00. The smallest absolute Gasteiger partial charge is 0.242 e. The topological polar surface area (TPSA) is 73.1 Å². The highest BCUT2D eigenvalue weighted by molar-refractivity contribution is 5.67. The van der Waals surface area contributed by atoms with E-state index in [1.165, 1.54) is 6.33 Å². The van der Waals surface area contributed by atoms with E-state index in [-0.39, 0.29) is 5.54 Å². The first-order valence-electron chi connectivity index (χ1n) is 6.01. The lowest BCUT2D eigenvalue weighted by atomic mass is 9.99. The minimum absolute atomic E-state index is 0.0410. The molecule has 1 aromatic heterocycles. The number of nitrogen functional groups attached to an aromatic ring is 1. The van der Waals surface area contributed by atoms with Gasteiger partial charge in [-0.05, 0) is 27.2 Å². The molecule has 0 bridgehead atoms. The lowest BCUT2D eigenvalue weighted by molar-refractivity contribution is 0.328. The van der Waals surface area contributed by atoms with Crippen LogP contribution in [0.3, 0.4) is 0 Å². The SMILES string of the molecule is CCCC(C)(C)Nc1ncnc(OCC)c1N. The van der Waals surface area contributed by atoms with Gasteiger partial charge < -0.3 is 15.8 Å². The summed E-state index contributed by atoms with van der Waals surface area (Å²) in [6, 6.07) is 0. The van der Waals surface area contributed by atoms with Gasteiger partial charge >= 0.3 is 0 Å². The normalized spacial score (nSPS) is 11.3. The zero-order chi connectivity index (χ0) is 12.9. The Morgan fingerprint density at radius 1 is 1.35 bits per heavy atom. The van der Waals surface area contributed by atoms with Gasteiger partial charge in [-0.1, -0.05) is 13.3 Å². The van der Waals surface area contributed by atoms with E-state index in [0.29, 0.717) is 24.0 Å². The van der Waals surface area contributed by atoms with Crippen LogP contribution in [0.1, 0.15) is 40.5 Å². The number of hydrogen-bond acceptors (Lipinski definition) is 5. The molecule has 5 heteroatoms. The van der Waals surface area contributed by atoms with Crippen molar-refractivity contribution >= 4 is 11.5 Å². The molecule has 0 aliphatic heterocycles. The first kappa shape index (κ1) is 13.5. The first-order valence-corrected chi connectivity index (χ1v) is 6.01. The van der Waals surface area contributed by atoms with Crippen LogP contribution in [-0.2, 0) is 0 Å². The molecule has 0 spiro atoms. The number of ether oxygens (including phenoxy) is 1. The second kappa shape index (κ2) is 5.70. The molecule has 17 heavy (non-hydrogen) atoms. The second-order valence-electron chi connectivity index (χ2n) is 4.63. The van der Waals surface area contributed by atoms with Crippen LogP contribution in [0.2, 0.25) is 0 Å². The molecule has 0 saturated carbocycles. The molecule has 0 unspecified atom stereocenters. The molecule has 0 fully saturated rings. The quantitative estimate of drug-likeness (QED) is 0.796. The van der Waals surface area contributed by atoms with Gasteiger partial charge in [0, 0.05) is 5.54 Å². The standard InChI is InChI=1S/C12H22N4O/c1-5-7-12(3,4)16-10-9(13)11(17-6-2)15-8-14-10/h8H,5-7,13H2,1-4H3,(H,14,15,16). The number of anilines is 2. The molecule has 0 aromatic carbocycles. The molecule has 0 radical (unpaired) electrons. The van der Waals surface area contributed by atoms with E-state index < -0.39 is 0 Å². The van der Waals surface area contributed by atoms with E-state index in [1.807, 2.05) is 6.92 Å². The zero-order valence-corrected chi connectivity index (χ0v) is 11.1. The van der Waals surface area contributed by atoms with Crippen LogP contribution in [0.5, 0.6) is 5.88 Å². The summed E-state index contributed by atoms with van der Waals surface area (Å²) >= 11 is 0. The van der Waals surface area contributed by atoms with Gasteiger partial charge in [0.05, 0.1) is 6.61 Å². The number of nitrogens with two attached hydrogens (primary N) is 1. The van der Waals surface area contributed by atoms with E-state index in [0.717, 1.165) is 12.8 Å². The molecule has 1 rings (SSSR count). The molecule has 3 N–H and O–H groups in total. The summed E-state index contributed by atoms with van der Waals surface area (Å²) in [7, 11) is 0. The maximum atomic E-state index is 5.96. The van der Waals surface area contributed by atoms with E-state index in [1.54, 1.807) is 0 Å². The van der Waals surface area contributed by atoms with Gasteiger partial charge in [-0.2, -0.15) is 4.98 Å². The van der Waals surface area contributed by atoms with Gasteiger partial charge in [-0.15, -0.1) is 0 Å². The summed E-state index contributed by atoms with van der Waals surface area (Å²) in [6.07, 6.45) is 3.61. The zero-order valence-electron chi connectivity index (χ0n) is 11.1. The van der Waals surface area contributed by atoms with Crippen molar-refractivity contribution in [2.75, 3.05) is 17.7 Å². The average molecular weight is 238 g/mol. The number of aromatic nitrogens is 2. The molecule has 5 nitrogen and oxygen atoms in total. The number of nitrogens with one attached hydrogen (secondary N) is 1. The fourth-order valence-electron chi connectivity index (χ4n) is 1.74. The van der Waals surface area contributed by atoms with E-state index in [2.05, 4.69) is 36.1 Å². The second-order valence-corrected chi connectivity index (χ2v) is 4.63. The summed E-state index contributed by atoms with van der Waals surface area (Å²) in [5.41, 5.74) is 6.39. The van der Waals surface area contributed by atoms with E-state index in [4.69, 9.17) is 10.5 Å². The molecule has 0 atom stereocenters. The summed E-state index contributed by atoms with van der Waals surface area (Å²) in [5, 5.41) is 3.33. The minimum Gasteiger partial charge on any atom is -0.476 e. The lowest BCUT2D eigenvalue weighted by Gasteiger charge is -2.27. The van der Waals surface area contributed by atoms with Crippen LogP contribution in [0.15, 0.2) is 6.33 Å². The Labute approximate surface area is 103 Å². The van der Waals surface area contributed by atoms with Crippen molar-refractivity contribution in [3.8, 4) is 5.88 Å². The van der Waals surface area contributed by atoms with Crippen LogP contribution in [0, 0.1) is 0 Å². The molecule has 0 aliphatic rings. The van der Waals surface area contributed by atoms with Gasteiger partial charge in [0.2, 0.25) is 5.88 Å². The maximum absolute atomic E-state index is 5.96. The summed E-state index contributed by atoms with van der Waals surface area (Å²) in [5.74, 6) is 1.08. The highest BCUT2D eigenvalue weighted by Crippen LogP contribution is 2.28. The highest BCUT2D eigenvalue weighted by Gasteiger charge is 2.19. The fraction of sp³-hybridized carbons (Fsp3) is 0.667. The average Bonchev–Trinajstić information content (AvgIpc) is 2.24. The van der Waals surface area contributed by atoms with Crippen LogP contribution in [-0.4, -0.2) is 22.1 Å². The van der Waals surface area contributed by atoms with Gasteiger partial charge in [0.15, 0.2) is 5.82 Å². The Hall–Kier alpha value is -1.52. The van der Waals surface area contributed by atoms with Crippen molar-refractivity contribution in [1.82, 2.24) is 9.97 Å². The molecule has 0 amide bonds. The number of rotatable bonds is 6. The Morgan fingerprint density at radius 2 is 2.06 bits per heavy atom. The third kappa shape index (κ3) is 3.76. The highest BCUT2D eigenvalue weighted by atomic mass is 16.5.